The van der Waals surface area contributed by atoms with Crippen molar-refractivity contribution in [2.75, 3.05) is 0 Å². The van der Waals surface area contributed by atoms with E-state index in [1.54, 1.807) is 0 Å². The van der Waals surface area contributed by atoms with Crippen LogP contribution in [0.15, 0.2) is 156 Å². The Bertz CT molecular complexity index is 2510. The molecule has 0 spiro atoms. The van der Waals surface area contributed by atoms with Crippen LogP contribution in [0.3, 0.4) is 0 Å². The number of fused-ring (bicyclic) bond motifs is 6. The van der Waals surface area contributed by atoms with E-state index in [2.05, 4.69) is 126 Å². The predicted octanol–water partition coefficient (Wildman–Crippen LogP) is 11.4. The molecule has 0 aliphatic heterocycles. The van der Waals surface area contributed by atoms with Crippen molar-refractivity contribution in [1.29, 1.82) is 0 Å². The van der Waals surface area contributed by atoms with Crippen LogP contribution in [0.5, 0.6) is 11.5 Å². The van der Waals surface area contributed by atoms with E-state index in [-0.39, 0.29) is 31.1 Å². The number of furan rings is 1. The summed E-state index contributed by atoms with van der Waals surface area (Å²) >= 11 is 0. The van der Waals surface area contributed by atoms with Crippen LogP contribution < -0.4 is 4.74 Å². The second-order valence-corrected chi connectivity index (χ2v) is 11.2. The maximum atomic E-state index is 6.53. The molecule has 0 aliphatic rings. The average Bonchev–Trinajstić information content (AvgIpc) is 3.64. The first-order chi connectivity index (χ1) is 22.3. The minimum absolute atomic E-state index is 0. The van der Waals surface area contributed by atoms with Crippen molar-refractivity contribution in [1.82, 2.24) is 4.57 Å². The van der Waals surface area contributed by atoms with Gasteiger partial charge in [0.1, 0.15) is 11.2 Å². The van der Waals surface area contributed by atoms with Gasteiger partial charge in [0, 0.05) is 38.7 Å². The van der Waals surface area contributed by atoms with Crippen LogP contribution in [0.2, 0.25) is 0 Å². The number of benzene rings is 7. The Hall–Kier alpha value is -5.01. The molecule has 0 unspecified atom stereocenters. The second kappa shape index (κ2) is 11.7. The molecule has 0 saturated heterocycles. The summed E-state index contributed by atoms with van der Waals surface area (Å²) in [6, 6.07) is 58.8. The third-order valence-electron chi connectivity index (χ3n) is 8.48. The molecule has 4 heteroatoms. The van der Waals surface area contributed by atoms with Crippen molar-refractivity contribution < 1.29 is 40.3 Å². The number of ether oxygens (including phenoxy) is 1. The number of para-hydroxylation sites is 3. The molecule has 0 atom stereocenters. The molecule has 7 aromatic carbocycles. The van der Waals surface area contributed by atoms with Gasteiger partial charge in [0.05, 0.1) is 11.0 Å². The van der Waals surface area contributed by atoms with Gasteiger partial charge >= 0.3 is 31.1 Å². The normalized spacial score (nSPS) is 11.3. The summed E-state index contributed by atoms with van der Waals surface area (Å²) < 4.78 is 14.9. The van der Waals surface area contributed by atoms with Crippen LogP contribution in [0, 0.1) is 43.2 Å². The summed E-state index contributed by atoms with van der Waals surface area (Å²) in [7, 11) is 0. The Morgan fingerprint density at radius 3 is 2.22 bits per heavy atom. The molecule has 0 N–H and O–H groups in total. The van der Waals surface area contributed by atoms with Gasteiger partial charge in [0.25, 0.3) is 0 Å². The summed E-state index contributed by atoms with van der Waals surface area (Å²) in [5.74, 6) is 1.29. The van der Waals surface area contributed by atoms with E-state index in [1.807, 2.05) is 42.5 Å². The van der Waals surface area contributed by atoms with E-state index in [0.29, 0.717) is 11.5 Å². The van der Waals surface area contributed by atoms with Crippen molar-refractivity contribution in [2.45, 2.75) is 0 Å². The third kappa shape index (κ3) is 4.83. The van der Waals surface area contributed by atoms with Crippen LogP contribution in [0.4, 0.5) is 0 Å². The zero-order valence-corrected chi connectivity index (χ0v) is 28.9. The fraction of sp³-hybridized carbons (Fsp3) is 0. The molecule has 9 aromatic rings. The Morgan fingerprint density at radius 1 is 0.543 bits per heavy atom. The van der Waals surface area contributed by atoms with Gasteiger partial charge in [-0.3, -0.25) is 0 Å². The minimum Gasteiger partial charge on any atom is -0.503 e. The van der Waals surface area contributed by atoms with Crippen LogP contribution in [-0.2, 0) is 0 Å². The zero-order chi connectivity index (χ0) is 29.7. The smallest absolute Gasteiger partial charge is 0.503 e. The molecule has 0 bridgehead atoms. The summed E-state index contributed by atoms with van der Waals surface area (Å²) in [6.45, 7) is 0. The number of hydrogen-bond donors (Lipinski definition) is 0. The van der Waals surface area contributed by atoms with E-state index >= 15 is 0 Å². The van der Waals surface area contributed by atoms with E-state index in [9.17, 15) is 0 Å². The SMILES string of the molecule is [U+2].[c-]1ccccc1Oc1[c-]c(-c2cccc3c2oc2ccc(-n4c5ccccc5c5cc(-c6ccccc6)ccc54)cc23)ccc1. The number of hydrogen-bond acceptors (Lipinski definition) is 2. The Morgan fingerprint density at radius 2 is 1.33 bits per heavy atom. The maximum absolute atomic E-state index is 6.53. The van der Waals surface area contributed by atoms with E-state index in [4.69, 9.17) is 9.15 Å². The first kappa shape index (κ1) is 28.5. The Kier molecular flexibility index (Phi) is 7.26. The first-order valence-electron chi connectivity index (χ1n) is 15.0. The predicted molar refractivity (Wildman–Crippen MR) is 183 cm³/mol. The van der Waals surface area contributed by atoms with Gasteiger partial charge in [0.2, 0.25) is 0 Å². The molecule has 3 nitrogen and oxygen atoms in total. The van der Waals surface area contributed by atoms with Gasteiger partial charge in [-0.05, 0) is 47.5 Å². The minimum atomic E-state index is 0. The fourth-order valence-corrected chi connectivity index (χ4v) is 6.42. The third-order valence-corrected chi connectivity index (χ3v) is 8.48. The van der Waals surface area contributed by atoms with E-state index in [0.717, 1.165) is 38.8 Å². The van der Waals surface area contributed by atoms with Gasteiger partial charge in [0.15, 0.2) is 0 Å². The van der Waals surface area contributed by atoms with E-state index in [1.165, 1.54) is 32.9 Å². The largest absolute Gasteiger partial charge is 2.00 e. The van der Waals surface area contributed by atoms with Gasteiger partial charge in [-0.2, -0.15) is 18.2 Å². The Balaban J connectivity index is 0.00000312. The van der Waals surface area contributed by atoms with Gasteiger partial charge in [-0.25, -0.2) is 0 Å². The molecule has 2 heterocycles. The van der Waals surface area contributed by atoms with Gasteiger partial charge < -0.3 is 13.7 Å². The maximum Gasteiger partial charge on any atom is 2.00 e. The fourth-order valence-electron chi connectivity index (χ4n) is 6.42. The molecule has 0 aliphatic carbocycles. The zero-order valence-electron chi connectivity index (χ0n) is 24.7. The quantitative estimate of drug-likeness (QED) is 0.162. The summed E-state index contributed by atoms with van der Waals surface area (Å²) in [5.41, 5.74) is 9.42. The number of aromatic nitrogens is 1. The van der Waals surface area contributed by atoms with E-state index < -0.39 is 0 Å². The molecule has 9 rings (SSSR count). The van der Waals surface area contributed by atoms with Crippen molar-refractivity contribution in [3.8, 4) is 39.4 Å². The molecule has 214 valence electrons. The van der Waals surface area contributed by atoms with Crippen LogP contribution >= 0.6 is 0 Å². The molecule has 2 aromatic heterocycles. The van der Waals surface area contributed by atoms with Crippen molar-refractivity contribution in [3.63, 3.8) is 0 Å². The number of rotatable bonds is 5. The topological polar surface area (TPSA) is 27.3 Å². The first-order valence-corrected chi connectivity index (χ1v) is 15.0. The van der Waals surface area contributed by atoms with Gasteiger partial charge in [-0.1, -0.05) is 84.4 Å². The molecule has 0 radical (unpaired) electrons. The average molecular weight is 814 g/mol. The summed E-state index contributed by atoms with van der Waals surface area (Å²) in [6.07, 6.45) is 0. The molecular weight excluding hydrogens is 788 g/mol. The van der Waals surface area contributed by atoms with Gasteiger partial charge in [-0.15, -0.1) is 35.9 Å². The standard InChI is InChI=1S/C42H25NO2.U/c1-3-11-28(12-4-1)29-21-23-40-37(26-29)35-17-7-8-20-39(35)43(40)31-22-24-41-38(27-31)36-19-10-18-34(42(36)45-41)30-13-9-16-33(25-30)44-32-14-5-2-6-15-32;/h1-14,16-24,26-27H;/q-2;+2. The second-order valence-electron chi connectivity index (χ2n) is 11.2. The number of nitrogens with zero attached hydrogens (tertiary/aromatic N) is 1. The molecule has 0 fully saturated rings. The molecule has 0 saturated carbocycles. The monoisotopic (exact) mass is 813 g/mol. The van der Waals surface area contributed by atoms with Crippen LogP contribution in [0.25, 0.3) is 71.7 Å². The van der Waals surface area contributed by atoms with Crippen LogP contribution in [0.1, 0.15) is 0 Å². The molecule has 0 amide bonds. The van der Waals surface area contributed by atoms with Crippen molar-refractivity contribution in [2.24, 2.45) is 0 Å². The van der Waals surface area contributed by atoms with Crippen molar-refractivity contribution >= 4 is 43.7 Å². The molecular formula is C42H25NO2U. The summed E-state index contributed by atoms with van der Waals surface area (Å²) in [4.78, 5) is 0. The Labute approximate surface area is 290 Å². The van der Waals surface area contributed by atoms with Crippen molar-refractivity contribution in [3.05, 3.63) is 164 Å². The summed E-state index contributed by atoms with van der Waals surface area (Å²) in [5, 5.41) is 4.60. The van der Waals surface area contributed by atoms with Crippen LogP contribution in [-0.4, -0.2) is 4.57 Å². The molecule has 46 heavy (non-hydrogen) atoms.